The fraction of sp³-hybridized carbons (Fsp3) is 0.500. The number of pyridine rings is 1. The molecule has 0 aliphatic heterocycles. The fourth-order valence-corrected chi connectivity index (χ4v) is 5.00. The van der Waals surface area contributed by atoms with Crippen molar-refractivity contribution >= 4 is 41.7 Å². The molecule has 9 heteroatoms. The number of nitrogens with zero attached hydrogens (tertiary/aromatic N) is 1. The molecule has 1 fully saturated rings. The molecule has 0 aromatic carbocycles. The Morgan fingerprint density at radius 3 is 2.52 bits per heavy atom. The van der Waals surface area contributed by atoms with Crippen molar-refractivity contribution < 1.29 is 19.5 Å². The van der Waals surface area contributed by atoms with Crippen LogP contribution < -0.4 is 10.6 Å². The van der Waals surface area contributed by atoms with Crippen LogP contribution in [0.5, 0.6) is 0 Å². The smallest absolute Gasteiger partial charge is 0.326 e. The minimum Gasteiger partial charge on any atom is -0.480 e. The van der Waals surface area contributed by atoms with E-state index in [1.54, 1.807) is 17.5 Å². The van der Waals surface area contributed by atoms with Gasteiger partial charge < -0.3 is 15.7 Å². The van der Waals surface area contributed by atoms with Gasteiger partial charge in [0.25, 0.3) is 0 Å². The van der Waals surface area contributed by atoms with Crippen molar-refractivity contribution in [1.82, 2.24) is 15.6 Å². The van der Waals surface area contributed by atoms with Gasteiger partial charge in [0, 0.05) is 12.6 Å². The highest BCUT2D eigenvalue weighted by Crippen LogP contribution is 2.31. The highest BCUT2D eigenvalue weighted by Gasteiger charge is 2.44. The fourth-order valence-electron chi connectivity index (χ4n) is 4.03. The zero-order valence-electron chi connectivity index (χ0n) is 18.9. The van der Waals surface area contributed by atoms with E-state index in [-0.39, 0.29) is 18.2 Å². The molecular weight excluding hydrogens is 458 g/mol. The van der Waals surface area contributed by atoms with E-state index in [4.69, 9.17) is 0 Å². The zero-order chi connectivity index (χ0) is 24.0. The standard InChI is InChI=1S/C24H31N3O4S2/c1-3-15(2)20(32)21(28)27-24(10-4-5-11-24)23(31)26-18(22(29)30)13-16-8-9-17(25-14-16)19-7-6-12-33-19/h6-9,12,14-15,18,20,32H,3-5,10-11,13H2,1-2H3,(H,26,31)(H,27,28)(H,29,30). The second-order valence-corrected chi connectivity index (χ2v) is 10.2. The van der Waals surface area contributed by atoms with Gasteiger partial charge in [0.05, 0.1) is 15.8 Å². The molecule has 3 N–H and O–H groups in total. The molecular formula is C24H31N3O4S2. The van der Waals surface area contributed by atoms with Crippen LogP contribution in [0.3, 0.4) is 0 Å². The molecule has 178 valence electrons. The van der Waals surface area contributed by atoms with Crippen molar-refractivity contribution in [3.05, 3.63) is 41.4 Å². The van der Waals surface area contributed by atoms with Crippen molar-refractivity contribution in [3.8, 4) is 10.6 Å². The number of thiol groups is 1. The number of hydrogen-bond acceptors (Lipinski definition) is 6. The number of amides is 2. The molecule has 0 spiro atoms. The molecule has 7 nitrogen and oxygen atoms in total. The van der Waals surface area contributed by atoms with E-state index < -0.39 is 28.7 Å². The van der Waals surface area contributed by atoms with Crippen molar-refractivity contribution in [2.45, 2.75) is 69.2 Å². The quantitative estimate of drug-likeness (QED) is 0.381. The average molecular weight is 490 g/mol. The third-order valence-electron chi connectivity index (χ3n) is 6.35. The summed E-state index contributed by atoms with van der Waals surface area (Å²) in [6.45, 7) is 3.93. The summed E-state index contributed by atoms with van der Waals surface area (Å²) in [7, 11) is 0. The Hall–Kier alpha value is -2.39. The number of aliphatic carboxylic acids is 1. The lowest BCUT2D eigenvalue weighted by molar-refractivity contribution is -0.143. The van der Waals surface area contributed by atoms with Crippen LogP contribution in [0.1, 0.15) is 51.5 Å². The number of rotatable bonds is 10. The van der Waals surface area contributed by atoms with Gasteiger partial charge in [0.2, 0.25) is 11.8 Å². The average Bonchev–Trinajstić information content (AvgIpc) is 3.51. The first-order valence-electron chi connectivity index (χ1n) is 11.3. The van der Waals surface area contributed by atoms with Gasteiger partial charge >= 0.3 is 5.97 Å². The zero-order valence-corrected chi connectivity index (χ0v) is 20.6. The van der Waals surface area contributed by atoms with E-state index in [0.717, 1.165) is 29.8 Å². The lowest BCUT2D eigenvalue weighted by atomic mass is 9.93. The van der Waals surface area contributed by atoms with Crippen molar-refractivity contribution in [2.24, 2.45) is 5.92 Å². The summed E-state index contributed by atoms with van der Waals surface area (Å²) in [6.07, 6.45) is 5.08. The van der Waals surface area contributed by atoms with Crippen molar-refractivity contribution in [1.29, 1.82) is 0 Å². The number of thiophene rings is 1. The summed E-state index contributed by atoms with van der Waals surface area (Å²) in [5.74, 6) is -1.80. The highest BCUT2D eigenvalue weighted by atomic mass is 32.1. The predicted octanol–water partition coefficient (Wildman–Crippen LogP) is 3.70. The van der Waals surface area contributed by atoms with Gasteiger partial charge in [-0.15, -0.1) is 11.3 Å². The van der Waals surface area contributed by atoms with Crippen LogP contribution in [0.2, 0.25) is 0 Å². The van der Waals surface area contributed by atoms with Crippen LogP contribution in [0, 0.1) is 5.92 Å². The van der Waals surface area contributed by atoms with Crippen molar-refractivity contribution in [3.63, 3.8) is 0 Å². The first-order chi connectivity index (χ1) is 15.8. The molecule has 33 heavy (non-hydrogen) atoms. The van der Waals surface area contributed by atoms with E-state index in [9.17, 15) is 19.5 Å². The second kappa shape index (κ2) is 11.2. The first-order valence-corrected chi connectivity index (χ1v) is 12.7. The summed E-state index contributed by atoms with van der Waals surface area (Å²) < 4.78 is 0. The maximum Gasteiger partial charge on any atom is 0.326 e. The van der Waals surface area contributed by atoms with Crippen LogP contribution in [0.25, 0.3) is 10.6 Å². The van der Waals surface area contributed by atoms with Gasteiger partial charge in [-0.3, -0.25) is 14.6 Å². The van der Waals surface area contributed by atoms with Crippen LogP contribution in [0.4, 0.5) is 0 Å². The van der Waals surface area contributed by atoms with Gasteiger partial charge in [-0.2, -0.15) is 12.6 Å². The van der Waals surface area contributed by atoms with E-state index in [1.165, 1.54) is 0 Å². The predicted molar refractivity (Wildman–Crippen MR) is 132 cm³/mol. The molecule has 0 saturated heterocycles. The SMILES string of the molecule is CCC(C)C(S)C(=O)NC1(C(=O)NC(Cc2ccc(-c3cccs3)nc2)C(=O)O)CCCC1. The van der Waals surface area contributed by atoms with E-state index in [2.05, 4.69) is 28.2 Å². The van der Waals surface area contributed by atoms with E-state index >= 15 is 0 Å². The molecule has 3 atom stereocenters. The third kappa shape index (κ3) is 6.14. The minimum atomic E-state index is -1.13. The molecule has 2 heterocycles. The number of carbonyl (C=O) groups is 3. The van der Waals surface area contributed by atoms with Gasteiger partial charge in [0.15, 0.2) is 0 Å². The number of carbonyl (C=O) groups excluding carboxylic acids is 2. The number of carboxylic acids is 1. The Bertz CT molecular complexity index is 957. The molecule has 0 bridgehead atoms. The molecule has 1 aliphatic carbocycles. The second-order valence-electron chi connectivity index (χ2n) is 8.71. The number of carboxylic acid groups (broad SMARTS) is 1. The molecule has 0 radical (unpaired) electrons. The Morgan fingerprint density at radius 1 is 1.24 bits per heavy atom. The lowest BCUT2D eigenvalue weighted by Crippen LogP contribution is -2.61. The van der Waals surface area contributed by atoms with E-state index in [0.29, 0.717) is 18.4 Å². The van der Waals surface area contributed by atoms with Crippen LogP contribution in [0.15, 0.2) is 35.8 Å². The number of nitrogens with one attached hydrogen (secondary N) is 2. The maximum atomic E-state index is 13.3. The van der Waals surface area contributed by atoms with Crippen molar-refractivity contribution in [2.75, 3.05) is 0 Å². The Morgan fingerprint density at radius 2 is 1.97 bits per heavy atom. The molecule has 2 aromatic heterocycles. The summed E-state index contributed by atoms with van der Waals surface area (Å²) in [5.41, 5.74) is 0.431. The highest BCUT2D eigenvalue weighted by molar-refractivity contribution is 7.81. The Balaban J connectivity index is 1.70. The summed E-state index contributed by atoms with van der Waals surface area (Å²) in [5, 5.41) is 16.8. The van der Waals surface area contributed by atoms with Gasteiger partial charge in [-0.25, -0.2) is 4.79 Å². The van der Waals surface area contributed by atoms with Gasteiger partial charge in [-0.05, 0) is 41.8 Å². The number of aromatic nitrogens is 1. The first kappa shape index (κ1) is 25.2. The summed E-state index contributed by atoms with van der Waals surface area (Å²) >= 11 is 6.01. The normalized spacial score (nSPS) is 17.7. The monoisotopic (exact) mass is 489 g/mol. The molecule has 1 saturated carbocycles. The molecule has 1 aliphatic rings. The topological polar surface area (TPSA) is 108 Å². The summed E-state index contributed by atoms with van der Waals surface area (Å²) in [4.78, 5) is 43.4. The number of hydrogen-bond donors (Lipinski definition) is 4. The molecule has 3 rings (SSSR count). The largest absolute Gasteiger partial charge is 0.480 e. The Kier molecular flexibility index (Phi) is 8.53. The maximum absolute atomic E-state index is 13.3. The lowest BCUT2D eigenvalue weighted by Gasteiger charge is -2.32. The third-order valence-corrected chi connectivity index (χ3v) is 7.98. The van der Waals surface area contributed by atoms with E-state index in [1.807, 2.05) is 43.5 Å². The molecule has 3 unspecified atom stereocenters. The van der Waals surface area contributed by atoms with Crippen LogP contribution >= 0.6 is 24.0 Å². The summed E-state index contributed by atoms with van der Waals surface area (Å²) in [6, 6.07) is 6.47. The van der Waals surface area contributed by atoms with Gasteiger partial charge in [-0.1, -0.05) is 45.2 Å². The van der Waals surface area contributed by atoms with Crippen LogP contribution in [-0.4, -0.2) is 44.7 Å². The molecule has 2 aromatic rings. The molecule has 2 amide bonds. The van der Waals surface area contributed by atoms with Crippen LogP contribution in [-0.2, 0) is 20.8 Å². The van der Waals surface area contributed by atoms with Gasteiger partial charge in [0.1, 0.15) is 11.6 Å². The minimum absolute atomic E-state index is 0.0614. The Labute approximate surface area is 203 Å².